The lowest BCUT2D eigenvalue weighted by Gasteiger charge is -2.32. The molecule has 0 heterocycles. The molecule has 0 aliphatic heterocycles. The van der Waals surface area contributed by atoms with Crippen LogP contribution < -0.4 is 0 Å². The zero-order valence-electron chi connectivity index (χ0n) is 11.2. The van der Waals surface area contributed by atoms with E-state index in [-0.39, 0.29) is 0 Å². The van der Waals surface area contributed by atoms with Crippen molar-refractivity contribution in [2.75, 3.05) is 12.0 Å². The lowest BCUT2D eigenvalue weighted by molar-refractivity contribution is 0.386. The number of thioether (sulfide) groups is 1. The van der Waals surface area contributed by atoms with E-state index in [4.69, 9.17) is 0 Å². The van der Waals surface area contributed by atoms with E-state index in [0.29, 0.717) is 0 Å². The lowest BCUT2D eigenvalue weighted by Crippen LogP contribution is -2.24. The van der Waals surface area contributed by atoms with Crippen LogP contribution in [0.25, 0.3) is 0 Å². The standard InChI is InChI=1S/C15H24S/c1-9-6-10(2)15-13(8-16-5)7-11(3)14(15)12(9)4/h6,11,13-15H,7-8H2,1-5H3. The first-order valence-electron chi connectivity index (χ1n) is 6.40. The quantitative estimate of drug-likeness (QED) is 0.678. The number of hydrogen-bond donors (Lipinski definition) is 0. The minimum absolute atomic E-state index is 0.835. The highest BCUT2D eigenvalue weighted by molar-refractivity contribution is 7.98. The van der Waals surface area contributed by atoms with Crippen LogP contribution in [-0.2, 0) is 0 Å². The molecule has 0 amide bonds. The average Bonchev–Trinajstić information content (AvgIpc) is 2.53. The fraction of sp³-hybridized carbons (Fsp3) is 0.733. The van der Waals surface area contributed by atoms with Crippen LogP contribution in [-0.4, -0.2) is 12.0 Å². The third kappa shape index (κ3) is 1.88. The van der Waals surface area contributed by atoms with E-state index in [1.165, 1.54) is 17.7 Å². The number of rotatable bonds is 2. The fourth-order valence-electron chi connectivity index (χ4n) is 3.97. The molecule has 0 N–H and O–H groups in total. The van der Waals surface area contributed by atoms with E-state index in [1.807, 2.05) is 11.8 Å². The second-order valence-corrected chi connectivity index (χ2v) is 6.65. The van der Waals surface area contributed by atoms with Gasteiger partial charge >= 0.3 is 0 Å². The van der Waals surface area contributed by atoms with E-state index in [9.17, 15) is 0 Å². The minimum Gasteiger partial charge on any atom is -0.165 e. The maximum atomic E-state index is 2.45. The molecule has 90 valence electrons. The number of fused-ring (bicyclic) bond motifs is 1. The van der Waals surface area contributed by atoms with E-state index in [1.54, 1.807) is 11.1 Å². The largest absolute Gasteiger partial charge is 0.165 e. The van der Waals surface area contributed by atoms with Crippen molar-refractivity contribution in [1.82, 2.24) is 0 Å². The molecule has 1 heteroatoms. The van der Waals surface area contributed by atoms with Crippen molar-refractivity contribution in [1.29, 1.82) is 0 Å². The van der Waals surface area contributed by atoms with Crippen LogP contribution in [0.2, 0.25) is 0 Å². The Labute approximate surface area is 105 Å². The molecular formula is C15H24S. The summed E-state index contributed by atoms with van der Waals surface area (Å²) < 4.78 is 0. The van der Waals surface area contributed by atoms with E-state index in [0.717, 1.165) is 23.7 Å². The molecule has 16 heavy (non-hydrogen) atoms. The van der Waals surface area contributed by atoms with Gasteiger partial charge in [-0.1, -0.05) is 29.7 Å². The van der Waals surface area contributed by atoms with Crippen LogP contribution in [0.3, 0.4) is 0 Å². The highest BCUT2D eigenvalue weighted by atomic mass is 32.2. The summed E-state index contributed by atoms with van der Waals surface area (Å²) in [6, 6.07) is 0. The predicted molar refractivity (Wildman–Crippen MR) is 74.8 cm³/mol. The average molecular weight is 236 g/mol. The molecule has 0 aromatic carbocycles. The normalized spacial score (nSPS) is 38.7. The SMILES string of the molecule is CSCC1CC(C)C2C(C)=C(C)C=C(C)C12. The van der Waals surface area contributed by atoms with Crippen LogP contribution in [0, 0.1) is 23.7 Å². The molecule has 0 radical (unpaired) electrons. The van der Waals surface area contributed by atoms with Gasteiger partial charge in [0.15, 0.2) is 0 Å². The molecule has 0 aromatic rings. The van der Waals surface area contributed by atoms with Crippen LogP contribution >= 0.6 is 11.8 Å². The first kappa shape index (κ1) is 12.3. The third-order valence-electron chi connectivity index (χ3n) is 4.66. The monoisotopic (exact) mass is 236 g/mol. The summed E-state index contributed by atoms with van der Waals surface area (Å²) in [5.74, 6) is 4.80. The Morgan fingerprint density at radius 3 is 2.56 bits per heavy atom. The summed E-state index contributed by atoms with van der Waals surface area (Å²) in [5, 5.41) is 0. The van der Waals surface area contributed by atoms with Crippen molar-refractivity contribution >= 4 is 11.8 Å². The van der Waals surface area contributed by atoms with E-state index < -0.39 is 0 Å². The van der Waals surface area contributed by atoms with Gasteiger partial charge < -0.3 is 0 Å². The molecule has 2 aliphatic rings. The van der Waals surface area contributed by atoms with Gasteiger partial charge in [0, 0.05) is 0 Å². The predicted octanol–water partition coefficient (Wildman–Crippen LogP) is 4.53. The summed E-state index contributed by atoms with van der Waals surface area (Å²) in [6.45, 7) is 9.43. The molecule has 0 aromatic heterocycles. The topological polar surface area (TPSA) is 0 Å². The Balaban J connectivity index is 2.32. The third-order valence-corrected chi connectivity index (χ3v) is 5.42. The van der Waals surface area contributed by atoms with Crippen molar-refractivity contribution in [3.8, 4) is 0 Å². The Morgan fingerprint density at radius 1 is 1.25 bits per heavy atom. The van der Waals surface area contributed by atoms with Gasteiger partial charge in [-0.05, 0) is 62.9 Å². The van der Waals surface area contributed by atoms with Crippen LogP contribution in [0.5, 0.6) is 0 Å². The Kier molecular flexibility index (Phi) is 3.53. The van der Waals surface area contributed by atoms with Gasteiger partial charge in [0.05, 0.1) is 0 Å². The smallest absolute Gasteiger partial charge is 0.00359 e. The Bertz CT molecular complexity index is 337. The zero-order valence-corrected chi connectivity index (χ0v) is 12.0. The molecule has 4 atom stereocenters. The first-order valence-corrected chi connectivity index (χ1v) is 7.80. The van der Waals surface area contributed by atoms with Gasteiger partial charge in [-0.2, -0.15) is 11.8 Å². The van der Waals surface area contributed by atoms with E-state index in [2.05, 4.69) is 40.0 Å². The molecule has 4 unspecified atom stereocenters. The molecule has 2 rings (SSSR count). The second kappa shape index (κ2) is 4.60. The van der Waals surface area contributed by atoms with Gasteiger partial charge in [-0.15, -0.1) is 0 Å². The van der Waals surface area contributed by atoms with Crippen molar-refractivity contribution in [3.63, 3.8) is 0 Å². The number of allylic oxidation sites excluding steroid dienone is 4. The number of hydrogen-bond acceptors (Lipinski definition) is 1. The Morgan fingerprint density at radius 2 is 1.94 bits per heavy atom. The second-order valence-electron chi connectivity index (χ2n) is 5.73. The highest BCUT2D eigenvalue weighted by Gasteiger charge is 2.43. The maximum absolute atomic E-state index is 2.45. The molecule has 2 aliphatic carbocycles. The first-order chi connectivity index (χ1) is 7.56. The minimum atomic E-state index is 0.835. The van der Waals surface area contributed by atoms with Gasteiger partial charge in [0.2, 0.25) is 0 Å². The molecule has 1 fully saturated rings. The van der Waals surface area contributed by atoms with Gasteiger partial charge in [0.1, 0.15) is 0 Å². The van der Waals surface area contributed by atoms with Gasteiger partial charge in [-0.25, -0.2) is 0 Å². The van der Waals surface area contributed by atoms with Crippen molar-refractivity contribution in [3.05, 3.63) is 22.8 Å². The summed E-state index contributed by atoms with van der Waals surface area (Å²) in [6.07, 6.45) is 6.10. The van der Waals surface area contributed by atoms with Gasteiger partial charge in [0.25, 0.3) is 0 Å². The molecular weight excluding hydrogens is 212 g/mol. The fourth-order valence-corrected chi connectivity index (χ4v) is 4.74. The van der Waals surface area contributed by atoms with Crippen LogP contribution in [0.1, 0.15) is 34.1 Å². The summed E-state index contributed by atoms with van der Waals surface area (Å²) in [4.78, 5) is 0. The molecule has 0 bridgehead atoms. The zero-order chi connectivity index (χ0) is 11.9. The van der Waals surface area contributed by atoms with Crippen LogP contribution in [0.15, 0.2) is 22.8 Å². The van der Waals surface area contributed by atoms with Crippen molar-refractivity contribution < 1.29 is 0 Å². The maximum Gasteiger partial charge on any atom is -0.00359 e. The van der Waals surface area contributed by atoms with Crippen molar-refractivity contribution in [2.24, 2.45) is 23.7 Å². The lowest BCUT2D eigenvalue weighted by atomic mass is 9.73. The molecule has 0 nitrogen and oxygen atoms in total. The Hall–Kier alpha value is -0.170. The van der Waals surface area contributed by atoms with E-state index >= 15 is 0 Å². The summed E-state index contributed by atoms with van der Waals surface area (Å²) in [7, 11) is 0. The van der Waals surface area contributed by atoms with Crippen LogP contribution in [0.4, 0.5) is 0 Å². The van der Waals surface area contributed by atoms with Gasteiger partial charge in [-0.3, -0.25) is 0 Å². The van der Waals surface area contributed by atoms with Crippen molar-refractivity contribution in [2.45, 2.75) is 34.1 Å². The summed E-state index contributed by atoms with van der Waals surface area (Å²) >= 11 is 2.02. The molecule has 0 saturated heterocycles. The summed E-state index contributed by atoms with van der Waals surface area (Å²) in [5.41, 5.74) is 4.82. The molecule has 0 spiro atoms. The highest BCUT2D eigenvalue weighted by Crippen LogP contribution is 2.52. The molecule has 1 saturated carbocycles.